The van der Waals surface area contributed by atoms with Crippen molar-refractivity contribution in [2.45, 2.75) is 51.5 Å². The Balaban J connectivity index is 1.81. The van der Waals surface area contributed by atoms with Gasteiger partial charge in [0, 0.05) is 17.9 Å². The number of rotatable bonds is 8. The Morgan fingerprint density at radius 2 is 1.56 bits per heavy atom. The third kappa shape index (κ3) is 5.56. The Morgan fingerprint density at radius 1 is 0.926 bits per heavy atom. The van der Waals surface area contributed by atoms with Crippen LogP contribution in [-0.2, 0) is 0 Å². The first-order valence-corrected chi connectivity index (χ1v) is 10.8. The molecule has 1 aliphatic carbocycles. The van der Waals surface area contributed by atoms with Gasteiger partial charge in [-0.3, -0.25) is 0 Å². The van der Waals surface area contributed by atoms with Crippen molar-refractivity contribution in [3.8, 4) is 0 Å². The first-order valence-electron chi connectivity index (χ1n) is 10.8. The predicted octanol–water partition coefficient (Wildman–Crippen LogP) is 6.88. The van der Waals surface area contributed by atoms with E-state index in [4.69, 9.17) is 0 Å². The zero-order chi connectivity index (χ0) is 19.0. The maximum Gasteiger partial charge on any atom is 0.114 e. The maximum atomic E-state index is 2.49. The van der Waals surface area contributed by atoms with E-state index in [0.717, 1.165) is 16.9 Å². The SMILES string of the molecule is CCC(c1ccccc1)[N+](C)(CC=Cc1ccccc1)CC1CCCCC1. The van der Waals surface area contributed by atoms with E-state index in [9.17, 15) is 0 Å². The Kier molecular flexibility index (Phi) is 7.29. The summed E-state index contributed by atoms with van der Waals surface area (Å²) in [5.41, 5.74) is 2.79. The lowest BCUT2D eigenvalue weighted by Crippen LogP contribution is -2.50. The van der Waals surface area contributed by atoms with Gasteiger partial charge < -0.3 is 4.48 Å². The van der Waals surface area contributed by atoms with Crippen molar-refractivity contribution in [1.29, 1.82) is 0 Å². The molecule has 1 heteroatoms. The van der Waals surface area contributed by atoms with Crippen molar-refractivity contribution in [2.75, 3.05) is 20.1 Å². The zero-order valence-electron chi connectivity index (χ0n) is 17.2. The van der Waals surface area contributed by atoms with E-state index >= 15 is 0 Å². The highest BCUT2D eigenvalue weighted by atomic mass is 15.4. The van der Waals surface area contributed by atoms with Crippen LogP contribution in [0.5, 0.6) is 0 Å². The molecule has 0 amide bonds. The van der Waals surface area contributed by atoms with E-state index in [1.54, 1.807) is 0 Å². The van der Waals surface area contributed by atoms with Gasteiger partial charge in [-0.15, -0.1) is 0 Å². The Labute approximate surface area is 166 Å². The van der Waals surface area contributed by atoms with Crippen LogP contribution in [-0.4, -0.2) is 24.6 Å². The van der Waals surface area contributed by atoms with Crippen LogP contribution in [0.3, 0.4) is 0 Å². The van der Waals surface area contributed by atoms with Crippen molar-refractivity contribution >= 4 is 6.08 Å². The summed E-state index contributed by atoms with van der Waals surface area (Å²) in [6.07, 6.45) is 13.0. The van der Waals surface area contributed by atoms with Crippen LogP contribution in [0.25, 0.3) is 6.08 Å². The van der Waals surface area contributed by atoms with Crippen molar-refractivity contribution in [1.82, 2.24) is 0 Å². The van der Waals surface area contributed by atoms with Crippen LogP contribution in [0.2, 0.25) is 0 Å². The first kappa shape index (κ1) is 19.9. The fraction of sp³-hybridized carbons (Fsp3) is 0.462. The highest BCUT2D eigenvalue weighted by Crippen LogP contribution is 2.34. The molecule has 0 aliphatic heterocycles. The van der Waals surface area contributed by atoms with Gasteiger partial charge in [0.15, 0.2) is 0 Å². The summed E-state index contributed by atoms with van der Waals surface area (Å²) in [5.74, 6) is 0.881. The average Bonchev–Trinajstić information content (AvgIpc) is 2.71. The minimum atomic E-state index is 0.563. The molecule has 0 heterocycles. The molecule has 3 rings (SSSR count). The molecule has 1 fully saturated rings. The molecule has 0 bridgehead atoms. The van der Waals surface area contributed by atoms with Gasteiger partial charge in [-0.2, -0.15) is 0 Å². The number of quaternary nitrogens is 1. The van der Waals surface area contributed by atoms with E-state index in [-0.39, 0.29) is 0 Å². The highest BCUT2D eigenvalue weighted by molar-refractivity contribution is 5.48. The monoisotopic (exact) mass is 362 g/mol. The summed E-state index contributed by atoms with van der Waals surface area (Å²) in [6.45, 7) is 4.75. The van der Waals surface area contributed by atoms with Crippen LogP contribution >= 0.6 is 0 Å². The van der Waals surface area contributed by atoms with Crippen LogP contribution in [0.4, 0.5) is 0 Å². The Bertz CT molecular complexity index is 685. The molecule has 0 spiro atoms. The van der Waals surface area contributed by atoms with Crippen LogP contribution in [0.15, 0.2) is 66.7 Å². The van der Waals surface area contributed by atoms with E-state index in [0.29, 0.717) is 6.04 Å². The summed E-state index contributed by atoms with van der Waals surface area (Å²) in [7, 11) is 2.49. The molecule has 0 aromatic heterocycles. The van der Waals surface area contributed by atoms with Crippen molar-refractivity contribution in [3.63, 3.8) is 0 Å². The summed E-state index contributed by atoms with van der Waals surface area (Å²) in [4.78, 5) is 0. The van der Waals surface area contributed by atoms with Crippen LogP contribution in [0, 0.1) is 5.92 Å². The zero-order valence-corrected chi connectivity index (χ0v) is 17.2. The van der Waals surface area contributed by atoms with Gasteiger partial charge in [-0.25, -0.2) is 0 Å². The quantitative estimate of drug-likeness (QED) is 0.449. The lowest BCUT2D eigenvalue weighted by atomic mass is 9.87. The third-order valence-electron chi connectivity index (χ3n) is 6.36. The number of benzene rings is 2. The molecule has 1 saturated carbocycles. The fourth-order valence-corrected chi connectivity index (χ4v) is 4.99. The Morgan fingerprint density at radius 3 is 2.19 bits per heavy atom. The average molecular weight is 363 g/mol. The van der Waals surface area contributed by atoms with Gasteiger partial charge >= 0.3 is 0 Å². The molecular weight excluding hydrogens is 326 g/mol. The molecule has 0 radical (unpaired) electrons. The van der Waals surface area contributed by atoms with E-state index in [1.807, 2.05) is 0 Å². The minimum Gasteiger partial charge on any atom is -0.316 e. The summed E-state index contributed by atoms with van der Waals surface area (Å²) in [6, 6.07) is 22.5. The normalized spacial score (nSPS) is 19.0. The minimum absolute atomic E-state index is 0.563. The van der Waals surface area contributed by atoms with Crippen molar-refractivity contribution < 1.29 is 4.48 Å². The molecule has 2 unspecified atom stereocenters. The third-order valence-corrected chi connectivity index (χ3v) is 6.36. The fourth-order valence-electron chi connectivity index (χ4n) is 4.99. The van der Waals surface area contributed by atoms with Gasteiger partial charge in [0.25, 0.3) is 0 Å². The van der Waals surface area contributed by atoms with Crippen LogP contribution in [0.1, 0.15) is 62.6 Å². The van der Waals surface area contributed by atoms with Gasteiger partial charge in [0.1, 0.15) is 6.04 Å². The van der Waals surface area contributed by atoms with Crippen LogP contribution < -0.4 is 0 Å². The second-order valence-electron chi connectivity index (χ2n) is 8.50. The molecule has 0 N–H and O–H groups in total. The molecule has 0 saturated heterocycles. The summed E-state index contributed by atoms with van der Waals surface area (Å²) in [5, 5.41) is 0. The first-order chi connectivity index (χ1) is 13.2. The molecular formula is C26H36N+. The van der Waals surface area contributed by atoms with E-state index < -0.39 is 0 Å². The standard InChI is InChI=1S/C26H36N/c1-3-26(25-19-11-6-12-20-25)27(2,22-24-16-9-5-10-17-24)21-13-18-23-14-7-4-8-15-23/h4,6-8,11-15,18-20,24,26H,3,5,9-10,16-17,21-22H2,1-2H3/q+1. The second-order valence-corrected chi connectivity index (χ2v) is 8.50. The molecule has 2 aromatic rings. The summed E-state index contributed by atoms with van der Waals surface area (Å²) < 4.78 is 1.12. The molecule has 2 atom stereocenters. The van der Waals surface area contributed by atoms with Crippen molar-refractivity contribution in [2.24, 2.45) is 5.92 Å². The topological polar surface area (TPSA) is 0 Å². The number of likely N-dealkylation sites (N-methyl/N-ethyl adjacent to an activating group) is 1. The predicted molar refractivity (Wildman–Crippen MR) is 117 cm³/mol. The second kappa shape index (κ2) is 9.90. The lowest BCUT2D eigenvalue weighted by Gasteiger charge is -2.44. The molecule has 1 aliphatic rings. The molecule has 1 nitrogen and oxygen atoms in total. The van der Waals surface area contributed by atoms with E-state index in [2.05, 4.69) is 86.8 Å². The van der Waals surface area contributed by atoms with E-state index in [1.165, 1.54) is 56.2 Å². The molecule has 144 valence electrons. The maximum absolute atomic E-state index is 2.49. The number of nitrogens with zero attached hydrogens (tertiary/aromatic N) is 1. The Hall–Kier alpha value is -1.86. The largest absolute Gasteiger partial charge is 0.316 e. The van der Waals surface area contributed by atoms with Gasteiger partial charge in [-0.1, -0.05) is 92.9 Å². The highest BCUT2D eigenvalue weighted by Gasteiger charge is 2.34. The number of hydrogen-bond donors (Lipinski definition) is 0. The summed E-state index contributed by atoms with van der Waals surface area (Å²) >= 11 is 0. The number of hydrogen-bond acceptors (Lipinski definition) is 0. The molecule has 27 heavy (non-hydrogen) atoms. The van der Waals surface area contributed by atoms with Crippen molar-refractivity contribution in [3.05, 3.63) is 77.9 Å². The lowest BCUT2D eigenvalue weighted by molar-refractivity contribution is -0.937. The molecule has 2 aromatic carbocycles. The smallest absolute Gasteiger partial charge is 0.114 e. The van der Waals surface area contributed by atoms with Gasteiger partial charge in [-0.05, 0) is 24.5 Å². The van der Waals surface area contributed by atoms with Gasteiger partial charge in [0.05, 0.1) is 20.1 Å². The van der Waals surface area contributed by atoms with Gasteiger partial charge in [0.2, 0.25) is 0 Å².